The lowest BCUT2D eigenvalue weighted by atomic mass is 9.95. The lowest BCUT2D eigenvalue weighted by Crippen LogP contribution is -2.49. The van der Waals surface area contributed by atoms with Crippen molar-refractivity contribution in [1.29, 1.82) is 0 Å². The van der Waals surface area contributed by atoms with E-state index in [-0.39, 0.29) is 24.1 Å². The lowest BCUT2D eigenvalue weighted by molar-refractivity contribution is -0.200. The third kappa shape index (κ3) is 9.56. The summed E-state index contributed by atoms with van der Waals surface area (Å²) in [6.07, 6.45) is 10.7. The van der Waals surface area contributed by atoms with Gasteiger partial charge in [-0.15, -0.1) is 0 Å². The second-order valence-electron chi connectivity index (χ2n) is 8.86. The Morgan fingerprint density at radius 2 is 1.81 bits per heavy atom. The van der Waals surface area contributed by atoms with Crippen LogP contribution < -0.4 is 10.8 Å². The molecule has 8 heteroatoms. The molecule has 2 rings (SSSR count). The molecule has 0 radical (unpaired) electrons. The second-order valence-corrected chi connectivity index (χ2v) is 8.86. The molecular formula is C23H41N3O5. The standard InChI is InChI=1S/C23H41N3O5/c1-3-12-19-23(29)26(2)15-10-7-5-4-6-8-13-18(22(28)24-19)17-20(27)25-31-21-14-9-11-16-30-21/h18-19,21H,3-17H2,1-2H3,(H,24,28)(H,25,27)/t18-,19+,21?/m1/s1. The van der Waals surface area contributed by atoms with E-state index in [1.165, 1.54) is 0 Å². The average Bonchev–Trinajstić information content (AvgIpc) is 2.77. The molecule has 1 unspecified atom stereocenters. The Balaban J connectivity index is 1.97. The molecule has 178 valence electrons. The molecule has 0 aromatic heterocycles. The van der Waals surface area contributed by atoms with Gasteiger partial charge in [0.05, 0.1) is 0 Å². The van der Waals surface area contributed by atoms with E-state index in [0.29, 0.717) is 26.0 Å². The molecule has 0 aromatic rings. The fourth-order valence-electron chi connectivity index (χ4n) is 4.19. The third-order valence-corrected chi connectivity index (χ3v) is 6.11. The smallest absolute Gasteiger partial charge is 0.244 e. The predicted molar refractivity (Wildman–Crippen MR) is 118 cm³/mol. The van der Waals surface area contributed by atoms with Gasteiger partial charge in [0.25, 0.3) is 0 Å². The SMILES string of the molecule is CCC[C@@H]1NC(=O)[C@@H](CC(=O)NOC2CCCCO2)CCCCCCCCN(C)C1=O. The van der Waals surface area contributed by atoms with Crippen molar-refractivity contribution in [2.24, 2.45) is 5.92 Å². The molecule has 31 heavy (non-hydrogen) atoms. The fraction of sp³-hybridized carbons (Fsp3) is 0.870. The van der Waals surface area contributed by atoms with Gasteiger partial charge in [0.2, 0.25) is 17.7 Å². The number of ether oxygens (including phenoxy) is 1. The summed E-state index contributed by atoms with van der Waals surface area (Å²) in [4.78, 5) is 45.4. The maximum absolute atomic E-state index is 13.0. The monoisotopic (exact) mass is 439 g/mol. The Hall–Kier alpha value is -1.67. The highest BCUT2D eigenvalue weighted by Crippen LogP contribution is 2.18. The number of hydrogen-bond acceptors (Lipinski definition) is 5. The van der Waals surface area contributed by atoms with E-state index in [9.17, 15) is 14.4 Å². The number of likely N-dealkylation sites (N-methyl/N-ethyl adjacent to an activating group) is 1. The highest BCUT2D eigenvalue weighted by atomic mass is 16.8. The maximum atomic E-state index is 13.0. The van der Waals surface area contributed by atoms with E-state index in [1.807, 2.05) is 6.92 Å². The van der Waals surface area contributed by atoms with Gasteiger partial charge in [-0.1, -0.05) is 45.4 Å². The molecule has 0 bridgehead atoms. The molecule has 0 spiro atoms. The van der Waals surface area contributed by atoms with Crippen molar-refractivity contribution in [2.75, 3.05) is 20.2 Å². The summed E-state index contributed by atoms with van der Waals surface area (Å²) >= 11 is 0. The van der Waals surface area contributed by atoms with Crippen LogP contribution in [0.4, 0.5) is 0 Å². The zero-order valence-corrected chi connectivity index (χ0v) is 19.3. The largest absolute Gasteiger partial charge is 0.350 e. The molecule has 0 aromatic carbocycles. The molecule has 3 amide bonds. The van der Waals surface area contributed by atoms with E-state index in [2.05, 4.69) is 10.8 Å². The third-order valence-electron chi connectivity index (χ3n) is 6.11. The molecule has 2 heterocycles. The topological polar surface area (TPSA) is 97.0 Å². The van der Waals surface area contributed by atoms with Crippen molar-refractivity contribution in [2.45, 2.75) is 103 Å². The molecule has 0 aliphatic carbocycles. The zero-order chi connectivity index (χ0) is 22.5. The van der Waals surface area contributed by atoms with Gasteiger partial charge in [-0.05, 0) is 32.1 Å². The van der Waals surface area contributed by atoms with Crippen LogP contribution in [0.3, 0.4) is 0 Å². The molecule has 2 aliphatic rings. The van der Waals surface area contributed by atoms with Crippen molar-refractivity contribution >= 4 is 17.7 Å². The molecular weight excluding hydrogens is 398 g/mol. The average molecular weight is 440 g/mol. The van der Waals surface area contributed by atoms with E-state index in [1.54, 1.807) is 11.9 Å². The first-order chi connectivity index (χ1) is 15.0. The van der Waals surface area contributed by atoms with Crippen LogP contribution >= 0.6 is 0 Å². The van der Waals surface area contributed by atoms with Gasteiger partial charge in [0.15, 0.2) is 6.29 Å². The van der Waals surface area contributed by atoms with Crippen molar-refractivity contribution in [3.8, 4) is 0 Å². The van der Waals surface area contributed by atoms with Crippen LogP contribution in [0.25, 0.3) is 0 Å². The Morgan fingerprint density at radius 1 is 1.10 bits per heavy atom. The van der Waals surface area contributed by atoms with Crippen LogP contribution in [-0.2, 0) is 24.0 Å². The van der Waals surface area contributed by atoms with Gasteiger partial charge in [-0.25, -0.2) is 10.3 Å². The van der Waals surface area contributed by atoms with Crippen LogP contribution in [0.5, 0.6) is 0 Å². The summed E-state index contributed by atoms with van der Waals surface area (Å²) in [5.41, 5.74) is 2.46. The Bertz CT molecular complexity index is 565. The predicted octanol–water partition coefficient (Wildman–Crippen LogP) is 3.05. The first kappa shape index (κ1) is 25.6. The molecule has 0 saturated carbocycles. The zero-order valence-electron chi connectivity index (χ0n) is 19.3. The van der Waals surface area contributed by atoms with Gasteiger partial charge < -0.3 is 15.0 Å². The quantitative estimate of drug-likeness (QED) is 0.620. The number of nitrogens with zero attached hydrogens (tertiary/aromatic N) is 1. The maximum Gasteiger partial charge on any atom is 0.244 e. The number of amides is 3. The van der Waals surface area contributed by atoms with Crippen molar-refractivity contribution in [3.05, 3.63) is 0 Å². The number of hydrogen-bond donors (Lipinski definition) is 2. The minimum absolute atomic E-state index is 0.0431. The van der Waals surface area contributed by atoms with Gasteiger partial charge >= 0.3 is 0 Å². The summed E-state index contributed by atoms with van der Waals surface area (Å²) in [5.74, 6) is -1.07. The summed E-state index contributed by atoms with van der Waals surface area (Å²) in [6, 6.07) is -0.539. The van der Waals surface area contributed by atoms with E-state index in [0.717, 1.165) is 64.2 Å². The second kappa shape index (κ2) is 14.4. The Kier molecular flexibility index (Phi) is 11.9. The van der Waals surface area contributed by atoms with Crippen LogP contribution in [0.1, 0.15) is 90.4 Å². The van der Waals surface area contributed by atoms with Gasteiger partial charge in [-0.2, -0.15) is 0 Å². The van der Waals surface area contributed by atoms with Gasteiger partial charge in [-0.3, -0.25) is 14.4 Å². The van der Waals surface area contributed by atoms with Crippen LogP contribution in [0.15, 0.2) is 0 Å². The summed E-state index contributed by atoms with van der Waals surface area (Å²) in [6.45, 7) is 3.34. The number of nitrogens with one attached hydrogen (secondary N) is 2. The lowest BCUT2D eigenvalue weighted by Gasteiger charge is -2.27. The van der Waals surface area contributed by atoms with E-state index >= 15 is 0 Å². The Labute approximate surface area is 186 Å². The van der Waals surface area contributed by atoms with Crippen molar-refractivity contribution in [3.63, 3.8) is 0 Å². The number of carbonyl (C=O) groups excluding carboxylic acids is 3. The first-order valence-electron chi connectivity index (χ1n) is 12.1. The minimum atomic E-state index is -0.539. The van der Waals surface area contributed by atoms with Gasteiger partial charge in [0.1, 0.15) is 6.04 Å². The van der Waals surface area contributed by atoms with Gasteiger partial charge in [0, 0.05) is 39.0 Å². The van der Waals surface area contributed by atoms with Crippen LogP contribution in [0, 0.1) is 5.92 Å². The van der Waals surface area contributed by atoms with E-state index < -0.39 is 18.2 Å². The molecule has 2 aliphatic heterocycles. The first-order valence-corrected chi connectivity index (χ1v) is 12.1. The summed E-state index contributed by atoms with van der Waals surface area (Å²) in [5, 5.41) is 2.94. The molecule has 8 nitrogen and oxygen atoms in total. The Morgan fingerprint density at radius 3 is 2.52 bits per heavy atom. The minimum Gasteiger partial charge on any atom is -0.350 e. The van der Waals surface area contributed by atoms with Crippen LogP contribution in [-0.4, -0.2) is 55.2 Å². The normalized spacial score (nSPS) is 27.3. The highest BCUT2D eigenvalue weighted by molar-refractivity contribution is 5.90. The van der Waals surface area contributed by atoms with Crippen molar-refractivity contribution < 1.29 is 24.0 Å². The molecule has 2 fully saturated rings. The fourth-order valence-corrected chi connectivity index (χ4v) is 4.19. The summed E-state index contributed by atoms with van der Waals surface area (Å²) in [7, 11) is 1.80. The number of carbonyl (C=O) groups is 3. The molecule has 2 N–H and O–H groups in total. The highest BCUT2D eigenvalue weighted by Gasteiger charge is 2.28. The number of rotatable bonds is 6. The van der Waals surface area contributed by atoms with E-state index in [4.69, 9.17) is 9.57 Å². The molecule has 2 saturated heterocycles. The van der Waals surface area contributed by atoms with Crippen LogP contribution in [0.2, 0.25) is 0 Å². The summed E-state index contributed by atoms with van der Waals surface area (Å²) < 4.78 is 5.46. The van der Waals surface area contributed by atoms with Crippen molar-refractivity contribution in [1.82, 2.24) is 15.7 Å². The molecule has 3 atom stereocenters. The number of hydroxylamine groups is 1.